The second-order valence-corrected chi connectivity index (χ2v) is 10.5. The van der Waals surface area contributed by atoms with Gasteiger partial charge in [-0.1, -0.05) is 62.2 Å². The van der Waals surface area contributed by atoms with Crippen LogP contribution < -0.4 is 16.4 Å². The monoisotopic (exact) mass is 564 g/mol. The first-order valence-electron chi connectivity index (χ1n) is 11.9. The number of ketones is 1. The molecule has 4 aromatic rings. The van der Waals surface area contributed by atoms with E-state index < -0.39 is 5.91 Å². The minimum atomic E-state index is -0.524. The third kappa shape index (κ3) is 6.13. The SMILES string of the molecule is CC(C)(C)c1ccc(N(C(=O)c2ncnc(N)c2Cl)c2ccc(CCC(=O)c3ncnc(N)c3Cl)cn2)cc1. The minimum absolute atomic E-state index is 0.00318. The average molecular weight is 565 g/mol. The number of hydrogen-bond donors (Lipinski definition) is 2. The predicted octanol–water partition coefficient (Wildman–Crippen LogP) is 5.22. The Kier molecular flexibility index (Phi) is 8.08. The largest absolute Gasteiger partial charge is 0.382 e. The van der Waals surface area contributed by atoms with E-state index in [2.05, 4.69) is 45.7 Å². The molecule has 39 heavy (non-hydrogen) atoms. The lowest BCUT2D eigenvalue weighted by Crippen LogP contribution is -2.28. The second-order valence-electron chi connectivity index (χ2n) is 9.73. The molecule has 0 spiro atoms. The first-order chi connectivity index (χ1) is 18.5. The van der Waals surface area contributed by atoms with Gasteiger partial charge < -0.3 is 11.5 Å². The molecule has 0 aliphatic rings. The van der Waals surface area contributed by atoms with Gasteiger partial charge in [0.15, 0.2) is 11.5 Å². The average Bonchev–Trinajstić information content (AvgIpc) is 2.91. The molecule has 0 unspecified atom stereocenters. The van der Waals surface area contributed by atoms with Crippen LogP contribution in [0.5, 0.6) is 0 Å². The molecule has 3 aromatic heterocycles. The van der Waals surface area contributed by atoms with Crippen molar-refractivity contribution >= 4 is 58.0 Å². The number of nitrogens with zero attached hydrogens (tertiary/aromatic N) is 6. The minimum Gasteiger partial charge on any atom is -0.382 e. The van der Waals surface area contributed by atoms with Gasteiger partial charge in [0.25, 0.3) is 5.91 Å². The maximum atomic E-state index is 13.7. The van der Waals surface area contributed by atoms with Crippen LogP contribution in [0.25, 0.3) is 0 Å². The van der Waals surface area contributed by atoms with E-state index in [1.165, 1.54) is 17.6 Å². The molecule has 0 fully saturated rings. The lowest BCUT2D eigenvalue weighted by molar-refractivity contribution is 0.0975. The van der Waals surface area contributed by atoms with Crippen LogP contribution in [0.3, 0.4) is 0 Å². The first kappa shape index (κ1) is 27.9. The number of pyridine rings is 1. The molecular formula is C27H26Cl2N8O2. The number of Topliss-reactive ketones (excluding diaryl/α,β-unsaturated/α-hetero) is 1. The van der Waals surface area contributed by atoms with Crippen molar-refractivity contribution in [1.82, 2.24) is 24.9 Å². The van der Waals surface area contributed by atoms with Crippen LogP contribution in [-0.4, -0.2) is 36.6 Å². The number of benzene rings is 1. The molecule has 0 atom stereocenters. The maximum absolute atomic E-state index is 13.7. The molecule has 12 heteroatoms. The third-order valence-electron chi connectivity index (χ3n) is 5.97. The summed E-state index contributed by atoms with van der Waals surface area (Å²) in [7, 11) is 0. The van der Waals surface area contributed by atoms with Crippen molar-refractivity contribution in [1.29, 1.82) is 0 Å². The molecule has 1 amide bonds. The van der Waals surface area contributed by atoms with Gasteiger partial charge in [-0.05, 0) is 41.2 Å². The molecule has 0 radical (unpaired) electrons. The zero-order valence-electron chi connectivity index (χ0n) is 21.5. The molecule has 0 aliphatic carbocycles. The Bertz CT molecular complexity index is 1520. The highest BCUT2D eigenvalue weighted by molar-refractivity contribution is 6.36. The molecule has 1 aromatic carbocycles. The summed E-state index contributed by atoms with van der Waals surface area (Å²) in [6, 6.07) is 11.0. The van der Waals surface area contributed by atoms with E-state index in [0.717, 1.165) is 11.1 Å². The summed E-state index contributed by atoms with van der Waals surface area (Å²) in [6.45, 7) is 6.31. The van der Waals surface area contributed by atoms with E-state index in [1.54, 1.807) is 18.3 Å². The number of carbonyl (C=O) groups is 2. The van der Waals surface area contributed by atoms with E-state index in [0.29, 0.717) is 17.9 Å². The van der Waals surface area contributed by atoms with Gasteiger partial charge in [-0.15, -0.1) is 0 Å². The summed E-state index contributed by atoms with van der Waals surface area (Å²) >= 11 is 12.4. The summed E-state index contributed by atoms with van der Waals surface area (Å²) in [5.41, 5.74) is 13.9. The topological polar surface area (TPSA) is 154 Å². The molecular weight excluding hydrogens is 539 g/mol. The summed E-state index contributed by atoms with van der Waals surface area (Å²) in [4.78, 5) is 47.8. The summed E-state index contributed by atoms with van der Waals surface area (Å²) < 4.78 is 0. The molecule has 4 rings (SSSR count). The quantitative estimate of drug-likeness (QED) is 0.287. The van der Waals surface area contributed by atoms with Gasteiger partial charge >= 0.3 is 0 Å². The van der Waals surface area contributed by atoms with Gasteiger partial charge in [0, 0.05) is 12.6 Å². The van der Waals surface area contributed by atoms with Crippen LogP contribution in [-0.2, 0) is 11.8 Å². The van der Waals surface area contributed by atoms with E-state index in [1.807, 2.05) is 24.3 Å². The Labute approximate surface area is 235 Å². The number of aromatic nitrogens is 5. The summed E-state index contributed by atoms with van der Waals surface area (Å²) in [5, 5.41) is -0.00964. The van der Waals surface area contributed by atoms with Crippen LogP contribution in [0.15, 0.2) is 55.2 Å². The fourth-order valence-corrected chi connectivity index (χ4v) is 4.13. The summed E-state index contributed by atoms with van der Waals surface area (Å²) in [6.07, 6.45) is 4.47. The van der Waals surface area contributed by atoms with Gasteiger partial charge in [0.05, 0.1) is 5.69 Å². The van der Waals surface area contributed by atoms with Crippen LogP contribution in [0.4, 0.5) is 23.1 Å². The van der Waals surface area contributed by atoms with Crippen molar-refractivity contribution in [2.45, 2.75) is 39.0 Å². The Morgan fingerprint density at radius 2 is 1.41 bits per heavy atom. The third-order valence-corrected chi connectivity index (χ3v) is 6.72. The van der Waals surface area contributed by atoms with E-state index in [-0.39, 0.29) is 50.7 Å². The lowest BCUT2D eigenvalue weighted by atomic mass is 9.87. The number of aryl methyl sites for hydroxylation is 1. The Morgan fingerprint density at radius 3 is 1.97 bits per heavy atom. The van der Waals surface area contributed by atoms with Gasteiger partial charge in [-0.2, -0.15) is 0 Å². The number of rotatable bonds is 7. The molecule has 0 saturated carbocycles. The Morgan fingerprint density at radius 1 is 0.821 bits per heavy atom. The number of nitrogens with two attached hydrogens (primary N) is 2. The highest BCUT2D eigenvalue weighted by Gasteiger charge is 2.26. The highest BCUT2D eigenvalue weighted by Crippen LogP contribution is 2.31. The fraction of sp³-hybridized carbons (Fsp3) is 0.222. The Hall–Kier alpha value is -4.15. The fourth-order valence-electron chi connectivity index (χ4n) is 3.75. The first-order valence-corrected chi connectivity index (χ1v) is 12.7. The highest BCUT2D eigenvalue weighted by atomic mass is 35.5. The molecule has 0 bridgehead atoms. The van der Waals surface area contributed by atoms with Crippen LogP contribution >= 0.6 is 23.2 Å². The molecule has 10 nitrogen and oxygen atoms in total. The van der Waals surface area contributed by atoms with Crippen LogP contribution in [0.1, 0.15) is 59.3 Å². The van der Waals surface area contributed by atoms with Crippen molar-refractivity contribution in [2.75, 3.05) is 16.4 Å². The number of carbonyl (C=O) groups excluding carboxylic acids is 2. The molecule has 4 N–H and O–H groups in total. The molecule has 0 saturated heterocycles. The van der Waals surface area contributed by atoms with Crippen LogP contribution in [0, 0.1) is 0 Å². The maximum Gasteiger partial charge on any atom is 0.284 e. The van der Waals surface area contributed by atoms with Gasteiger partial charge in [-0.3, -0.25) is 14.5 Å². The molecule has 200 valence electrons. The van der Waals surface area contributed by atoms with Gasteiger partial charge in [0.1, 0.15) is 45.8 Å². The van der Waals surface area contributed by atoms with E-state index in [9.17, 15) is 9.59 Å². The smallest absolute Gasteiger partial charge is 0.284 e. The zero-order chi connectivity index (χ0) is 28.3. The number of halogens is 2. The van der Waals surface area contributed by atoms with Crippen molar-refractivity contribution in [3.8, 4) is 0 Å². The molecule has 3 heterocycles. The number of anilines is 4. The van der Waals surface area contributed by atoms with Crippen molar-refractivity contribution in [3.63, 3.8) is 0 Å². The van der Waals surface area contributed by atoms with E-state index >= 15 is 0 Å². The van der Waals surface area contributed by atoms with Crippen LogP contribution in [0.2, 0.25) is 10.0 Å². The van der Waals surface area contributed by atoms with Gasteiger partial charge in [0.2, 0.25) is 0 Å². The lowest BCUT2D eigenvalue weighted by Gasteiger charge is -2.24. The number of nitrogen functional groups attached to an aromatic ring is 2. The van der Waals surface area contributed by atoms with Crippen molar-refractivity contribution < 1.29 is 9.59 Å². The standard InChI is InChI=1S/C27H26Cl2N8O2/c1-27(2,3)16-6-8-17(9-7-16)37(26(39)23-21(29)25(31)36-14-34-23)19-11-5-15(12-32-19)4-10-18(38)22-20(28)24(30)35-13-33-22/h5-9,11-14H,4,10H2,1-3H3,(H2,30,33,35)(H2,31,34,36). The summed E-state index contributed by atoms with van der Waals surface area (Å²) in [5.74, 6) is -0.421. The van der Waals surface area contributed by atoms with Crippen molar-refractivity contribution in [3.05, 3.63) is 87.8 Å². The normalized spacial score (nSPS) is 11.3. The molecule has 0 aliphatic heterocycles. The van der Waals surface area contributed by atoms with Crippen molar-refractivity contribution in [2.24, 2.45) is 0 Å². The number of amides is 1. The Balaban J connectivity index is 1.63. The number of hydrogen-bond acceptors (Lipinski definition) is 9. The zero-order valence-corrected chi connectivity index (χ0v) is 23.0. The van der Waals surface area contributed by atoms with Gasteiger partial charge in [-0.25, -0.2) is 24.9 Å². The second kappa shape index (κ2) is 11.3. The van der Waals surface area contributed by atoms with E-state index in [4.69, 9.17) is 34.7 Å². The predicted molar refractivity (Wildman–Crippen MR) is 151 cm³/mol.